The number of aromatic amines is 1. The fourth-order valence-corrected chi connectivity index (χ4v) is 2.79. The summed E-state index contributed by atoms with van der Waals surface area (Å²) in [6.45, 7) is -0.849. The summed E-state index contributed by atoms with van der Waals surface area (Å²) in [7, 11) is 0. The molecule has 0 aliphatic heterocycles. The maximum atomic E-state index is 12.7. The molecule has 0 radical (unpaired) electrons. The van der Waals surface area contributed by atoms with Crippen LogP contribution in [0, 0.1) is 10.1 Å². The second kappa shape index (κ2) is 8.83. The van der Waals surface area contributed by atoms with Crippen molar-refractivity contribution in [2.45, 2.75) is 12.6 Å². The van der Waals surface area contributed by atoms with Crippen LogP contribution >= 0.6 is 0 Å². The van der Waals surface area contributed by atoms with Crippen molar-refractivity contribution >= 4 is 34.0 Å². The van der Waals surface area contributed by atoms with Gasteiger partial charge in [-0.15, -0.1) is 0 Å². The molecule has 0 aliphatic carbocycles. The van der Waals surface area contributed by atoms with Gasteiger partial charge in [-0.05, 0) is 18.2 Å². The van der Waals surface area contributed by atoms with Crippen LogP contribution in [0.3, 0.4) is 0 Å². The molecule has 0 fully saturated rings. The Morgan fingerprint density at radius 2 is 1.84 bits per heavy atom. The van der Waals surface area contributed by atoms with Gasteiger partial charge < -0.3 is 10.1 Å². The largest absolute Gasteiger partial charge is 0.455 e. The monoisotopic (exact) mass is 450 g/mol. The molecule has 0 unspecified atom stereocenters. The van der Waals surface area contributed by atoms with Crippen molar-refractivity contribution in [1.82, 2.24) is 10.2 Å². The molecule has 0 saturated carbocycles. The third-order valence-corrected chi connectivity index (χ3v) is 4.25. The molecule has 0 aliphatic rings. The molecule has 32 heavy (non-hydrogen) atoms. The number of rotatable bonds is 6. The molecule has 0 saturated heterocycles. The summed E-state index contributed by atoms with van der Waals surface area (Å²) in [5.41, 5.74) is -2.96. The maximum Gasteiger partial charge on any atom is 0.416 e. The van der Waals surface area contributed by atoms with Gasteiger partial charge in [0, 0.05) is 11.5 Å². The lowest BCUT2D eigenvalue weighted by Gasteiger charge is -2.10. The number of nitrogens with one attached hydrogen (secondary N) is 2. The number of hydrogen-bond acceptors (Lipinski definition) is 7. The maximum absolute atomic E-state index is 12.7. The second-order valence-corrected chi connectivity index (χ2v) is 6.42. The number of nitro benzene ring substituents is 1. The molecule has 13 heteroatoms. The summed E-state index contributed by atoms with van der Waals surface area (Å²) in [6, 6.07) is 7.98. The number of ether oxygens (including phenoxy) is 1. The Balaban J connectivity index is 1.66. The SMILES string of the molecule is O=C(COC(=O)Cc1n[nH]c(=O)c2ccccc12)Nc1ccc(C(F)(F)F)cc1[N+](=O)[O-]. The Labute approximate surface area is 176 Å². The van der Waals surface area contributed by atoms with Gasteiger partial charge in [0.2, 0.25) is 0 Å². The number of nitro groups is 1. The highest BCUT2D eigenvalue weighted by Crippen LogP contribution is 2.34. The number of nitrogens with zero attached hydrogens (tertiary/aromatic N) is 2. The summed E-state index contributed by atoms with van der Waals surface area (Å²) in [5, 5.41) is 19.8. The Morgan fingerprint density at radius 3 is 2.50 bits per heavy atom. The lowest BCUT2D eigenvalue weighted by atomic mass is 10.1. The van der Waals surface area contributed by atoms with E-state index in [1.807, 2.05) is 5.32 Å². The summed E-state index contributed by atoms with van der Waals surface area (Å²) in [5.74, 6) is -1.88. The molecule has 1 heterocycles. The Bertz CT molecular complexity index is 1270. The standard InChI is InChI=1S/C19H13F3N4O6/c20-19(21,22)10-5-6-13(15(7-10)26(30)31)23-16(27)9-32-17(28)8-14-11-3-1-2-4-12(11)18(29)25-24-14/h1-7H,8-9H2,(H,23,27)(H,25,29). The van der Waals surface area contributed by atoms with Gasteiger partial charge in [-0.25, -0.2) is 5.10 Å². The average Bonchev–Trinajstić information content (AvgIpc) is 2.74. The smallest absolute Gasteiger partial charge is 0.416 e. The fourth-order valence-electron chi connectivity index (χ4n) is 2.79. The van der Waals surface area contributed by atoms with Crippen molar-refractivity contribution in [3.8, 4) is 0 Å². The number of anilines is 1. The van der Waals surface area contributed by atoms with Gasteiger partial charge in [0.05, 0.1) is 28.0 Å². The number of alkyl halides is 3. The molecular weight excluding hydrogens is 437 g/mol. The van der Waals surface area contributed by atoms with Crippen LogP contribution in [0.5, 0.6) is 0 Å². The van der Waals surface area contributed by atoms with Crippen LogP contribution < -0.4 is 10.9 Å². The number of aromatic nitrogens is 2. The third kappa shape index (κ3) is 5.06. The van der Waals surface area contributed by atoms with Gasteiger partial charge in [-0.3, -0.25) is 24.5 Å². The van der Waals surface area contributed by atoms with E-state index in [2.05, 4.69) is 10.2 Å². The van der Waals surface area contributed by atoms with Crippen LogP contribution in [-0.4, -0.2) is 33.6 Å². The zero-order valence-corrected chi connectivity index (χ0v) is 15.9. The first-order valence-corrected chi connectivity index (χ1v) is 8.83. The number of benzene rings is 2. The van der Waals surface area contributed by atoms with Gasteiger partial charge >= 0.3 is 12.1 Å². The van der Waals surface area contributed by atoms with E-state index in [0.717, 1.165) is 6.07 Å². The van der Waals surface area contributed by atoms with Gasteiger partial charge in [-0.1, -0.05) is 18.2 Å². The molecule has 1 aromatic heterocycles. The number of amides is 1. The molecule has 10 nitrogen and oxygen atoms in total. The lowest BCUT2D eigenvalue weighted by Crippen LogP contribution is -2.23. The number of carbonyl (C=O) groups is 2. The molecule has 2 aromatic carbocycles. The second-order valence-electron chi connectivity index (χ2n) is 6.42. The fraction of sp³-hybridized carbons (Fsp3) is 0.158. The number of H-pyrrole nitrogens is 1. The molecule has 166 valence electrons. The highest BCUT2D eigenvalue weighted by Gasteiger charge is 2.33. The molecule has 3 aromatic rings. The Morgan fingerprint density at radius 1 is 1.16 bits per heavy atom. The highest BCUT2D eigenvalue weighted by molar-refractivity contribution is 5.95. The van der Waals surface area contributed by atoms with Crippen LogP contribution in [0.2, 0.25) is 0 Å². The number of esters is 1. The quantitative estimate of drug-likeness (QED) is 0.334. The molecular formula is C19H13F3N4O6. The van der Waals surface area contributed by atoms with E-state index in [1.54, 1.807) is 18.2 Å². The van der Waals surface area contributed by atoms with E-state index in [9.17, 15) is 37.7 Å². The minimum atomic E-state index is -4.80. The van der Waals surface area contributed by atoms with Crippen molar-refractivity contribution in [2.24, 2.45) is 0 Å². The van der Waals surface area contributed by atoms with Crippen molar-refractivity contribution in [2.75, 3.05) is 11.9 Å². The van der Waals surface area contributed by atoms with Crippen LogP contribution in [0.15, 0.2) is 47.3 Å². The van der Waals surface area contributed by atoms with Crippen molar-refractivity contribution in [3.05, 3.63) is 74.2 Å². The van der Waals surface area contributed by atoms with E-state index in [4.69, 9.17) is 4.74 Å². The number of fused-ring (bicyclic) bond motifs is 1. The van der Waals surface area contributed by atoms with Gasteiger partial charge in [0.25, 0.3) is 17.2 Å². The van der Waals surface area contributed by atoms with Crippen molar-refractivity contribution in [1.29, 1.82) is 0 Å². The number of halogens is 3. The minimum absolute atomic E-state index is 0.198. The normalized spacial score (nSPS) is 11.2. The molecule has 0 bridgehead atoms. The first-order chi connectivity index (χ1) is 15.1. The van der Waals surface area contributed by atoms with Crippen LogP contribution in [0.1, 0.15) is 11.3 Å². The van der Waals surface area contributed by atoms with E-state index < -0.39 is 52.1 Å². The van der Waals surface area contributed by atoms with E-state index >= 15 is 0 Å². The number of hydrogen-bond donors (Lipinski definition) is 2. The number of carbonyl (C=O) groups excluding carboxylic acids is 2. The Kier molecular flexibility index (Phi) is 6.18. The van der Waals surface area contributed by atoms with E-state index in [-0.39, 0.29) is 18.2 Å². The van der Waals surface area contributed by atoms with Gasteiger partial charge in [-0.2, -0.15) is 18.3 Å². The van der Waals surface area contributed by atoms with Gasteiger partial charge in [0.15, 0.2) is 6.61 Å². The molecule has 3 rings (SSSR count). The highest BCUT2D eigenvalue weighted by atomic mass is 19.4. The van der Waals surface area contributed by atoms with Crippen LogP contribution in [0.25, 0.3) is 10.8 Å². The zero-order valence-electron chi connectivity index (χ0n) is 15.9. The molecule has 1 amide bonds. The van der Waals surface area contributed by atoms with Crippen molar-refractivity contribution in [3.63, 3.8) is 0 Å². The summed E-state index contributed by atoms with van der Waals surface area (Å²) in [6.07, 6.45) is -5.19. The predicted octanol–water partition coefficient (Wildman–Crippen LogP) is 2.57. The van der Waals surface area contributed by atoms with E-state index in [1.165, 1.54) is 6.07 Å². The molecule has 0 atom stereocenters. The summed E-state index contributed by atoms with van der Waals surface area (Å²) in [4.78, 5) is 45.8. The van der Waals surface area contributed by atoms with Crippen molar-refractivity contribution < 1.29 is 32.4 Å². The first-order valence-electron chi connectivity index (χ1n) is 8.83. The summed E-state index contributed by atoms with van der Waals surface area (Å²) >= 11 is 0. The third-order valence-electron chi connectivity index (χ3n) is 4.25. The van der Waals surface area contributed by atoms with Crippen LogP contribution in [-0.2, 0) is 26.9 Å². The van der Waals surface area contributed by atoms with Crippen LogP contribution in [0.4, 0.5) is 24.5 Å². The Hall–Kier alpha value is -4.29. The molecule has 2 N–H and O–H groups in total. The molecule has 0 spiro atoms. The minimum Gasteiger partial charge on any atom is -0.455 e. The topological polar surface area (TPSA) is 144 Å². The van der Waals surface area contributed by atoms with E-state index in [0.29, 0.717) is 16.8 Å². The van der Waals surface area contributed by atoms with Gasteiger partial charge in [0.1, 0.15) is 5.69 Å². The first kappa shape index (κ1) is 22.4. The summed E-state index contributed by atoms with van der Waals surface area (Å²) < 4.78 is 43.0. The lowest BCUT2D eigenvalue weighted by molar-refractivity contribution is -0.384. The zero-order chi connectivity index (χ0) is 23.5. The average molecular weight is 450 g/mol. The predicted molar refractivity (Wildman–Crippen MR) is 104 cm³/mol.